The lowest BCUT2D eigenvalue weighted by Gasteiger charge is -2.31. The van der Waals surface area contributed by atoms with Gasteiger partial charge in [0.1, 0.15) is 5.75 Å². The predicted molar refractivity (Wildman–Crippen MR) is 102 cm³/mol. The molecule has 1 aliphatic rings. The number of nitrogens with zero attached hydrogens (tertiary/aromatic N) is 1. The van der Waals surface area contributed by atoms with Gasteiger partial charge in [-0.1, -0.05) is 13.8 Å². The van der Waals surface area contributed by atoms with Gasteiger partial charge in [-0.15, -0.1) is 0 Å². The topological polar surface area (TPSA) is 75.7 Å². The normalized spacial score (nSPS) is 16.6. The van der Waals surface area contributed by atoms with Crippen molar-refractivity contribution < 1.29 is 17.9 Å². The molecule has 6 nitrogen and oxygen atoms in total. The maximum Gasteiger partial charge on any atom is 0.243 e. The molecule has 26 heavy (non-hydrogen) atoms. The van der Waals surface area contributed by atoms with E-state index in [4.69, 9.17) is 4.74 Å². The zero-order valence-corrected chi connectivity index (χ0v) is 16.7. The number of amides is 1. The molecule has 7 heteroatoms. The van der Waals surface area contributed by atoms with Crippen LogP contribution < -0.4 is 10.1 Å². The van der Waals surface area contributed by atoms with Gasteiger partial charge in [-0.25, -0.2) is 8.42 Å². The summed E-state index contributed by atoms with van der Waals surface area (Å²) >= 11 is 0. The van der Waals surface area contributed by atoms with Crippen LogP contribution in [0.3, 0.4) is 0 Å². The number of hydrogen-bond acceptors (Lipinski definition) is 4. The molecule has 0 aliphatic carbocycles. The maximum atomic E-state index is 12.8. The Morgan fingerprint density at radius 2 is 1.73 bits per heavy atom. The van der Waals surface area contributed by atoms with Gasteiger partial charge in [-0.3, -0.25) is 4.79 Å². The highest BCUT2D eigenvalue weighted by Crippen LogP contribution is 2.25. The van der Waals surface area contributed by atoms with Crippen molar-refractivity contribution in [2.75, 3.05) is 19.7 Å². The molecule has 1 heterocycles. The molecule has 1 aromatic rings. The largest absolute Gasteiger partial charge is 0.494 e. The van der Waals surface area contributed by atoms with E-state index in [0.717, 1.165) is 12.8 Å². The van der Waals surface area contributed by atoms with Crippen molar-refractivity contribution >= 4 is 15.9 Å². The van der Waals surface area contributed by atoms with Crippen LogP contribution in [0.1, 0.15) is 46.5 Å². The van der Waals surface area contributed by atoms with Crippen LogP contribution in [0.2, 0.25) is 0 Å². The van der Waals surface area contributed by atoms with Crippen molar-refractivity contribution in [1.29, 1.82) is 0 Å². The standard InChI is InChI=1S/C19H30N2O4S/c1-4-16(5-2)20-19(22)15-11-13-21(14-12-15)26(23,24)18-9-7-17(8-10-18)25-6-3/h7-10,15-16H,4-6,11-14H2,1-3H3,(H,20,22). The fourth-order valence-electron chi connectivity index (χ4n) is 3.19. The molecule has 1 fully saturated rings. The summed E-state index contributed by atoms with van der Waals surface area (Å²) in [7, 11) is -3.53. The van der Waals surface area contributed by atoms with Crippen LogP contribution in [0.15, 0.2) is 29.2 Å². The van der Waals surface area contributed by atoms with Gasteiger partial charge in [-0.2, -0.15) is 4.31 Å². The molecule has 0 unspecified atom stereocenters. The molecule has 1 N–H and O–H groups in total. The number of hydrogen-bond donors (Lipinski definition) is 1. The summed E-state index contributed by atoms with van der Waals surface area (Å²) in [4.78, 5) is 12.6. The summed E-state index contributed by atoms with van der Waals surface area (Å²) in [6.07, 6.45) is 2.94. The first kappa shape index (κ1) is 20.7. The highest BCUT2D eigenvalue weighted by Gasteiger charge is 2.32. The molecule has 0 bridgehead atoms. The lowest BCUT2D eigenvalue weighted by Crippen LogP contribution is -2.45. The number of benzene rings is 1. The molecule has 0 radical (unpaired) electrons. The van der Waals surface area contributed by atoms with E-state index in [0.29, 0.717) is 38.3 Å². The van der Waals surface area contributed by atoms with Gasteiger partial charge >= 0.3 is 0 Å². The summed E-state index contributed by atoms with van der Waals surface area (Å²) < 4.78 is 32.4. The SMILES string of the molecule is CCOc1ccc(S(=O)(=O)N2CCC(C(=O)NC(CC)CC)CC2)cc1. The lowest BCUT2D eigenvalue weighted by molar-refractivity contribution is -0.126. The van der Waals surface area contributed by atoms with Gasteiger partial charge in [0.15, 0.2) is 0 Å². The molecule has 0 aromatic heterocycles. The van der Waals surface area contributed by atoms with Crippen LogP contribution in [0.4, 0.5) is 0 Å². The van der Waals surface area contributed by atoms with E-state index >= 15 is 0 Å². The molecule has 1 aliphatic heterocycles. The van der Waals surface area contributed by atoms with Crippen molar-refractivity contribution in [2.24, 2.45) is 5.92 Å². The molecule has 1 amide bonds. The Morgan fingerprint density at radius 1 is 1.15 bits per heavy atom. The van der Waals surface area contributed by atoms with E-state index in [1.54, 1.807) is 24.3 Å². The van der Waals surface area contributed by atoms with Gasteiger partial charge in [0.05, 0.1) is 11.5 Å². The summed E-state index contributed by atoms with van der Waals surface area (Å²) in [6.45, 7) is 7.28. The zero-order chi connectivity index (χ0) is 19.2. The Balaban J connectivity index is 1.96. The van der Waals surface area contributed by atoms with Crippen molar-refractivity contribution in [3.63, 3.8) is 0 Å². The third-order valence-corrected chi connectivity index (χ3v) is 6.84. The molecule has 146 valence electrons. The number of rotatable bonds is 8. The summed E-state index contributed by atoms with van der Waals surface area (Å²) in [5.74, 6) is 0.599. The van der Waals surface area contributed by atoms with E-state index < -0.39 is 10.0 Å². The van der Waals surface area contributed by atoms with Crippen LogP contribution in [0, 0.1) is 5.92 Å². The summed E-state index contributed by atoms with van der Waals surface area (Å²) in [5.41, 5.74) is 0. The Hall–Kier alpha value is -1.60. The fraction of sp³-hybridized carbons (Fsp3) is 0.632. The van der Waals surface area contributed by atoms with E-state index in [-0.39, 0.29) is 22.8 Å². The number of carbonyl (C=O) groups excluding carboxylic acids is 1. The Labute approximate surface area is 157 Å². The van der Waals surface area contributed by atoms with E-state index in [1.807, 2.05) is 6.92 Å². The van der Waals surface area contributed by atoms with Crippen molar-refractivity contribution in [3.05, 3.63) is 24.3 Å². The number of sulfonamides is 1. The third kappa shape index (κ3) is 4.98. The molecular weight excluding hydrogens is 352 g/mol. The van der Waals surface area contributed by atoms with Gasteiger partial charge in [0, 0.05) is 25.0 Å². The summed E-state index contributed by atoms with van der Waals surface area (Å²) in [5, 5.41) is 3.07. The predicted octanol–water partition coefficient (Wildman–Crippen LogP) is 2.79. The van der Waals surface area contributed by atoms with Crippen LogP contribution in [0.5, 0.6) is 5.75 Å². The Bertz CT molecular complexity index is 676. The second kappa shape index (κ2) is 9.37. The Kier molecular flexibility index (Phi) is 7.46. The number of ether oxygens (including phenoxy) is 1. The number of carbonyl (C=O) groups is 1. The van der Waals surface area contributed by atoms with Crippen molar-refractivity contribution in [2.45, 2.75) is 57.4 Å². The average molecular weight is 383 g/mol. The van der Waals surface area contributed by atoms with Crippen LogP contribution in [0.25, 0.3) is 0 Å². The van der Waals surface area contributed by atoms with E-state index in [2.05, 4.69) is 19.2 Å². The molecule has 0 saturated carbocycles. The van der Waals surface area contributed by atoms with Gasteiger partial charge in [0.25, 0.3) is 0 Å². The highest BCUT2D eigenvalue weighted by atomic mass is 32.2. The van der Waals surface area contributed by atoms with Crippen molar-refractivity contribution in [1.82, 2.24) is 9.62 Å². The van der Waals surface area contributed by atoms with E-state index in [1.165, 1.54) is 4.31 Å². The lowest BCUT2D eigenvalue weighted by atomic mass is 9.96. The molecule has 0 spiro atoms. The first-order valence-corrected chi connectivity index (χ1v) is 10.9. The molecular formula is C19H30N2O4S. The minimum atomic E-state index is -3.53. The molecule has 0 atom stereocenters. The van der Waals surface area contributed by atoms with Crippen LogP contribution >= 0.6 is 0 Å². The Morgan fingerprint density at radius 3 is 2.23 bits per heavy atom. The molecule has 1 saturated heterocycles. The zero-order valence-electron chi connectivity index (χ0n) is 15.9. The third-order valence-electron chi connectivity index (χ3n) is 4.93. The minimum Gasteiger partial charge on any atom is -0.494 e. The van der Waals surface area contributed by atoms with E-state index in [9.17, 15) is 13.2 Å². The summed E-state index contributed by atoms with van der Waals surface area (Å²) in [6, 6.07) is 6.70. The van der Waals surface area contributed by atoms with Gasteiger partial charge in [-0.05, 0) is 56.9 Å². The molecule has 2 rings (SSSR count). The second-order valence-corrected chi connectivity index (χ2v) is 8.54. The monoisotopic (exact) mass is 382 g/mol. The first-order chi connectivity index (χ1) is 12.4. The smallest absolute Gasteiger partial charge is 0.243 e. The quantitative estimate of drug-likeness (QED) is 0.750. The van der Waals surface area contributed by atoms with Gasteiger partial charge in [0.2, 0.25) is 15.9 Å². The minimum absolute atomic E-state index is 0.0526. The fourth-order valence-corrected chi connectivity index (χ4v) is 4.66. The van der Waals surface area contributed by atoms with Gasteiger partial charge < -0.3 is 10.1 Å². The van der Waals surface area contributed by atoms with Crippen LogP contribution in [-0.2, 0) is 14.8 Å². The maximum absolute atomic E-state index is 12.8. The molecule has 1 aromatic carbocycles. The average Bonchev–Trinajstić information content (AvgIpc) is 2.66. The number of piperidine rings is 1. The van der Waals surface area contributed by atoms with Crippen molar-refractivity contribution in [3.8, 4) is 5.75 Å². The van der Waals surface area contributed by atoms with Crippen LogP contribution in [-0.4, -0.2) is 44.4 Å². The highest BCUT2D eigenvalue weighted by molar-refractivity contribution is 7.89. The first-order valence-electron chi connectivity index (χ1n) is 9.45. The second-order valence-electron chi connectivity index (χ2n) is 6.60. The number of nitrogens with one attached hydrogen (secondary N) is 1.